The van der Waals surface area contributed by atoms with Crippen LogP contribution in [0.25, 0.3) is 0 Å². The fraction of sp³-hybridized carbons (Fsp3) is 0.571. The number of hydrogen-bond donors (Lipinski definition) is 2. The van der Waals surface area contributed by atoms with Crippen LogP contribution in [-0.2, 0) is 27.7 Å². The van der Waals surface area contributed by atoms with E-state index in [2.05, 4.69) is 4.72 Å². The molecule has 114 valence electrons. The summed E-state index contributed by atoms with van der Waals surface area (Å²) in [6, 6.07) is 4.94. The standard InChI is InChI=1S/C14H24N2O3S/c1-4-12-5-6-14(9-13(12)10-15)20(17,18)16-11(2)7-8-19-3/h5-6,9,11,16H,4,7-8,10,15H2,1-3H3. The van der Waals surface area contributed by atoms with Crippen molar-refractivity contribution in [2.75, 3.05) is 13.7 Å². The maximum atomic E-state index is 12.3. The molecule has 0 aromatic heterocycles. The minimum absolute atomic E-state index is 0.174. The van der Waals surface area contributed by atoms with E-state index < -0.39 is 10.0 Å². The molecule has 0 aliphatic carbocycles. The van der Waals surface area contributed by atoms with Crippen molar-refractivity contribution in [2.24, 2.45) is 5.73 Å². The van der Waals surface area contributed by atoms with Crippen molar-refractivity contribution in [3.05, 3.63) is 29.3 Å². The normalized spacial score (nSPS) is 13.4. The summed E-state index contributed by atoms with van der Waals surface area (Å²) in [6.45, 7) is 4.70. The van der Waals surface area contributed by atoms with E-state index in [1.807, 2.05) is 19.9 Å². The molecule has 0 saturated carbocycles. The average Bonchev–Trinajstić information content (AvgIpc) is 2.43. The lowest BCUT2D eigenvalue weighted by atomic mass is 10.1. The van der Waals surface area contributed by atoms with Crippen LogP contribution in [0.4, 0.5) is 0 Å². The minimum atomic E-state index is -3.51. The van der Waals surface area contributed by atoms with Crippen LogP contribution in [0.3, 0.4) is 0 Å². The van der Waals surface area contributed by atoms with E-state index in [9.17, 15) is 8.42 Å². The molecule has 1 aromatic rings. The molecule has 0 spiro atoms. The molecule has 1 rings (SSSR count). The van der Waals surface area contributed by atoms with Gasteiger partial charge in [0.05, 0.1) is 4.90 Å². The molecule has 1 atom stereocenters. The van der Waals surface area contributed by atoms with Gasteiger partial charge in [0.1, 0.15) is 0 Å². The molecule has 1 unspecified atom stereocenters. The number of nitrogens with one attached hydrogen (secondary N) is 1. The zero-order valence-electron chi connectivity index (χ0n) is 12.3. The van der Waals surface area contributed by atoms with E-state index in [4.69, 9.17) is 10.5 Å². The van der Waals surface area contributed by atoms with Gasteiger partial charge in [-0.15, -0.1) is 0 Å². The summed E-state index contributed by atoms with van der Waals surface area (Å²) in [5, 5.41) is 0. The Labute approximate surface area is 121 Å². The SMILES string of the molecule is CCc1ccc(S(=O)(=O)NC(C)CCOC)cc1CN. The number of nitrogens with two attached hydrogens (primary N) is 1. The maximum absolute atomic E-state index is 12.3. The van der Waals surface area contributed by atoms with Gasteiger partial charge in [-0.2, -0.15) is 0 Å². The lowest BCUT2D eigenvalue weighted by molar-refractivity contribution is 0.188. The van der Waals surface area contributed by atoms with Crippen LogP contribution in [0.1, 0.15) is 31.4 Å². The third-order valence-electron chi connectivity index (χ3n) is 3.20. The molecule has 0 amide bonds. The van der Waals surface area contributed by atoms with Crippen molar-refractivity contribution < 1.29 is 13.2 Å². The molecule has 3 N–H and O–H groups in total. The molecule has 5 nitrogen and oxygen atoms in total. The number of sulfonamides is 1. The molecule has 0 radical (unpaired) electrons. The van der Waals surface area contributed by atoms with Gasteiger partial charge < -0.3 is 10.5 Å². The van der Waals surface area contributed by atoms with Gasteiger partial charge in [-0.3, -0.25) is 0 Å². The van der Waals surface area contributed by atoms with Crippen molar-refractivity contribution >= 4 is 10.0 Å². The Bertz CT molecular complexity index is 529. The number of hydrogen-bond acceptors (Lipinski definition) is 4. The van der Waals surface area contributed by atoms with Gasteiger partial charge in [0.15, 0.2) is 0 Å². The van der Waals surface area contributed by atoms with Crippen molar-refractivity contribution in [3.8, 4) is 0 Å². The maximum Gasteiger partial charge on any atom is 0.240 e. The zero-order chi connectivity index (χ0) is 15.2. The summed E-state index contributed by atoms with van der Waals surface area (Å²) in [6.07, 6.45) is 1.47. The van der Waals surface area contributed by atoms with Gasteiger partial charge in [-0.1, -0.05) is 13.0 Å². The van der Waals surface area contributed by atoms with Gasteiger partial charge in [0.2, 0.25) is 10.0 Å². The van der Waals surface area contributed by atoms with Gasteiger partial charge in [-0.25, -0.2) is 13.1 Å². The van der Waals surface area contributed by atoms with Crippen LogP contribution in [0.2, 0.25) is 0 Å². The van der Waals surface area contributed by atoms with Crippen LogP contribution in [0.5, 0.6) is 0 Å². The second-order valence-corrected chi connectivity index (χ2v) is 6.51. The summed E-state index contributed by atoms with van der Waals surface area (Å²) in [5.74, 6) is 0. The molecule has 20 heavy (non-hydrogen) atoms. The molecule has 0 fully saturated rings. The summed E-state index contributed by atoms with van der Waals surface area (Å²) >= 11 is 0. The molecule has 0 aliphatic heterocycles. The van der Waals surface area contributed by atoms with E-state index >= 15 is 0 Å². The number of rotatable bonds is 8. The van der Waals surface area contributed by atoms with Crippen LogP contribution in [0.15, 0.2) is 23.1 Å². The highest BCUT2D eigenvalue weighted by atomic mass is 32.2. The Morgan fingerprint density at radius 3 is 2.60 bits per heavy atom. The molecule has 1 aromatic carbocycles. The molecule has 0 saturated heterocycles. The summed E-state index contributed by atoms with van der Waals surface area (Å²) in [4.78, 5) is 0.263. The van der Waals surface area contributed by atoms with E-state index in [-0.39, 0.29) is 10.9 Å². The molecular formula is C14H24N2O3S. The summed E-state index contributed by atoms with van der Waals surface area (Å²) in [5.41, 5.74) is 7.63. The van der Waals surface area contributed by atoms with Crippen molar-refractivity contribution in [3.63, 3.8) is 0 Å². The largest absolute Gasteiger partial charge is 0.385 e. The average molecular weight is 300 g/mol. The van der Waals surface area contributed by atoms with E-state index in [0.29, 0.717) is 19.6 Å². The Kier molecular flexibility index (Phi) is 6.61. The molecular weight excluding hydrogens is 276 g/mol. The number of benzene rings is 1. The second kappa shape index (κ2) is 7.73. The summed E-state index contributed by atoms with van der Waals surface area (Å²) < 4.78 is 32.2. The molecule has 0 bridgehead atoms. The van der Waals surface area contributed by atoms with E-state index in [0.717, 1.165) is 17.5 Å². The van der Waals surface area contributed by atoms with Crippen molar-refractivity contribution in [2.45, 2.75) is 44.2 Å². The highest BCUT2D eigenvalue weighted by Crippen LogP contribution is 2.17. The topological polar surface area (TPSA) is 81.4 Å². The second-order valence-electron chi connectivity index (χ2n) is 4.79. The third kappa shape index (κ3) is 4.56. The highest BCUT2D eigenvalue weighted by molar-refractivity contribution is 7.89. The van der Waals surface area contributed by atoms with Crippen LogP contribution in [-0.4, -0.2) is 28.2 Å². The van der Waals surface area contributed by atoms with Crippen molar-refractivity contribution in [1.82, 2.24) is 4.72 Å². The van der Waals surface area contributed by atoms with E-state index in [1.165, 1.54) is 0 Å². The van der Waals surface area contributed by atoms with E-state index in [1.54, 1.807) is 19.2 Å². The Hall–Kier alpha value is -0.950. The summed E-state index contributed by atoms with van der Waals surface area (Å²) in [7, 11) is -1.91. The molecule has 0 aliphatic rings. The fourth-order valence-electron chi connectivity index (χ4n) is 1.99. The van der Waals surface area contributed by atoms with Crippen LogP contribution < -0.4 is 10.5 Å². The third-order valence-corrected chi connectivity index (χ3v) is 4.79. The predicted octanol–water partition coefficient (Wildman–Crippen LogP) is 1.41. The monoisotopic (exact) mass is 300 g/mol. The number of methoxy groups -OCH3 is 1. The van der Waals surface area contributed by atoms with Gasteiger partial charge in [0, 0.05) is 26.3 Å². The minimum Gasteiger partial charge on any atom is -0.385 e. The van der Waals surface area contributed by atoms with Gasteiger partial charge in [-0.05, 0) is 43.0 Å². The fourth-order valence-corrected chi connectivity index (χ4v) is 3.32. The van der Waals surface area contributed by atoms with Crippen LogP contribution in [0, 0.1) is 0 Å². The van der Waals surface area contributed by atoms with Crippen molar-refractivity contribution in [1.29, 1.82) is 0 Å². The van der Waals surface area contributed by atoms with Gasteiger partial charge in [0.25, 0.3) is 0 Å². The Balaban J connectivity index is 2.92. The Morgan fingerprint density at radius 1 is 1.35 bits per heavy atom. The molecule has 6 heteroatoms. The lowest BCUT2D eigenvalue weighted by Crippen LogP contribution is -2.33. The number of aryl methyl sites for hydroxylation is 1. The smallest absolute Gasteiger partial charge is 0.240 e. The molecule has 0 heterocycles. The quantitative estimate of drug-likeness (QED) is 0.760. The first kappa shape index (κ1) is 17.1. The first-order chi connectivity index (χ1) is 9.44. The lowest BCUT2D eigenvalue weighted by Gasteiger charge is -2.15. The van der Waals surface area contributed by atoms with Gasteiger partial charge >= 0.3 is 0 Å². The number of ether oxygens (including phenoxy) is 1. The first-order valence-corrected chi connectivity index (χ1v) is 8.26. The predicted molar refractivity (Wildman–Crippen MR) is 80.0 cm³/mol. The zero-order valence-corrected chi connectivity index (χ0v) is 13.2. The highest BCUT2D eigenvalue weighted by Gasteiger charge is 2.18. The first-order valence-electron chi connectivity index (χ1n) is 6.77. The van der Waals surface area contributed by atoms with Crippen LogP contribution >= 0.6 is 0 Å². The Morgan fingerprint density at radius 2 is 2.05 bits per heavy atom.